The Balaban J connectivity index is 2.46. The molecule has 1 heterocycles. The molecule has 0 spiro atoms. The molecule has 1 saturated heterocycles. The summed E-state index contributed by atoms with van der Waals surface area (Å²) in [6.45, 7) is 5.96. The largest absolute Gasteiger partial charge is 0.463 e. The van der Waals surface area contributed by atoms with Crippen LogP contribution in [0.1, 0.15) is 47.1 Å². The van der Waals surface area contributed by atoms with Gasteiger partial charge in [-0.2, -0.15) is 0 Å². The fraction of sp³-hybridized carbons (Fsp3) is 0.600. The Hall–Kier alpha value is -3.57. The van der Waals surface area contributed by atoms with Gasteiger partial charge in [0, 0.05) is 20.8 Å². The van der Waals surface area contributed by atoms with Crippen LogP contribution in [0, 0.1) is 0 Å². The van der Waals surface area contributed by atoms with Crippen molar-refractivity contribution in [2.75, 3.05) is 19.8 Å². The van der Waals surface area contributed by atoms with E-state index in [1.54, 1.807) is 51.1 Å². The molecule has 0 bridgehead atoms. The maximum atomic E-state index is 13.2. The highest BCUT2D eigenvalue weighted by molar-refractivity contribution is 6.67. The summed E-state index contributed by atoms with van der Waals surface area (Å²) in [4.78, 5) is 74.7. The molecule has 49 heavy (non-hydrogen) atoms. The van der Waals surface area contributed by atoms with Crippen LogP contribution in [0.15, 0.2) is 30.3 Å². The fourth-order valence-corrected chi connectivity index (χ4v) is 4.33. The zero-order chi connectivity index (χ0) is 36.9. The van der Waals surface area contributed by atoms with E-state index in [4.69, 9.17) is 72.7 Å². The third-order valence-corrected chi connectivity index (χ3v) is 6.31. The number of carbonyl (C=O) groups excluding carboxylic acids is 6. The Bertz CT molecular complexity index is 1300. The summed E-state index contributed by atoms with van der Waals surface area (Å²) in [6, 6.07) is 5.61. The van der Waals surface area contributed by atoms with Crippen molar-refractivity contribution in [1.29, 1.82) is 0 Å². The third kappa shape index (κ3) is 16.1. The topological polar surface area (TPSA) is 200 Å². The average molecular weight is 758 g/mol. The molecule has 19 heteroatoms. The standard InChI is InChI=1S/C30H39Cl3N2O14/c1-16(36)42-14-21-23(46-17(2)37)24(47-18(3)38)22(35-27(40)45-15-30(31,32)33)26(48-21)44-13-20(34-28(41)49-29(4,5)6)25(39)43-12-19-10-8-7-9-11-19/h7-11,20-24,26H,12-15H2,1-6H3,(H,34,41)(H,35,40)/t20-,21+,22+,23+,24+,26+/m0/s1. The van der Waals surface area contributed by atoms with Crippen molar-refractivity contribution in [3.8, 4) is 0 Å². The second-order valence-electron chi connectivity index (χ2n) is 11.5. The molecule has 1 fully saturated rings. The van der Waals surface area contributed by atoms with Crippen LogP contribution in [0.2, 0.25) is 0 Å². The van der Waals surface area contributed by atoms with Crippen molar-refractivity contribution >= 4 is 70.9 Å². The van der Waals surface area contributed by atoms with E-state index in [9.17, 15) is 28.8 Å². The van der Waals surface area contributed by atoms with E-state index in [2.05, 4.69) is 10.6 Å². The summed E-state index contributed by atoms with van der Waals surface area (Å²) in [5.74, 6) is -3.41. The van der Waals surface area contributed by atoms with Crippen molar-refractivity contribution in [3.63, 3.8) is 0 Å². The molecule has 0 saturated carbocycles. The minimum Gasteiger partial charge on any atom is -0.463 e. The minimum absolute atomic E-state index is 0.158. The number of benzene rings is 1. The van der Waals surface area contributed by atoms with Crippen LogP contribution in [0.5, 0.6) is 0 Å². The lowest BCUT2D eigenvalue weighted by Gasteiger charge is -2.45. The van der Waals surface area contributed by atoms with Crippen molar-refractivity contribution in [2.24, 2.45) is 0 Å². The molecule has 16 nitrogen and oxygen atoms in total. The number of alkyl carbamates (subject to hydrolysis) is 2. The van der Waals surface area contributed by atoms with Gasteiger partial charge in [0.2, 0.25) is 3.79 Å². The lowest BCUT2D eigenvalue weighted by atomic mass is 9.96. The molecule has 0 radical (unpaired) electrons. The van der Waals surface area contributed by atoms with Gasteiger partial charge in [0.25, 0.3) is 0 Å². The quantitative estimate of drug-likeness (QED) is 0.169. The van der Waals surface area contributed by atoms with Crippen molar-refractivity contribution in [2.45, 2.75) is 94.2 Å². The predicted molar refractivity (Wildman–Crippen MR) is 170 cm³/mol. The second kappa shape index (κ2) is 19.0. The van der Waals surface area contributed by atoms with Gasteiger partial charge in [-0.1, -0.05) is 65.1 Å². The van der Waals surface area contributed by atoms with Gasteiger partial charge in [-0.15, -0.1) is 0 Å². The van der Waals surface area contributed by atoms with Crippen LogP contribution in [-0.2, 0) is 63.7 Å². The van der Waals surface area contributed by atoms with Gasteiger partial charge in [-0.25, -0.2) is 14.4 Å². The highest BCUT2D eigenvalue weighted by Gasteiger charge is 2.52. The molecule has 1 aliphatic rings. The molecule has 2 N–H and O–H groups in total. The second-order valence-corrected chi connectivity index (χ2v) is 14.0. The molecule has 0 aliphatic carbocycles. The van der Waals surface area contributed by atoms with Crippen LogP contribution in [0.3, 0.4) is 0 Å². The average Bonchev–Trinajstić information content (AvgIpc) is 2.97. The normalized spacial score (nSPS) is 21.3. The Morgan fingerprint density at radius 3 is 2.00 bits per heavy atom. The zero-order valence-electron chi connectivity index (χ0n) is 27.5. The molecule has 0 aromatic heterocycles. The molecule has 1 aromatic carbocycles. The van der Waals surface area contributed by atoms with Crippen LogP contribution >= 0.6 is 34.8 Å². The Labute approximate surface area is 297 Å². The summed E-state index contributed by atoms with van der Waals surface area (Å²) < 4.78 is 41.4. The first-order valence-corrected chi connectivity index (χ1v) is 15.8. The van der Waals surface area contributed by atoms with Gasteiger partial charge < -0.3 is 48.5 Å². The molecule has 274 valence electrons. The van der Waals surface area contributed by atoms with Gasteiger partial charge in [0.1, 0.15) is 37.6 Å². The number of ether oxygens (including phenoxy) is 8. The first-order chi connectivity index (χ1) is 22.7. The third-order valence-electron chi connectivity index (χ3n) is 5.98. The summed E-state index contributed by atoms with van der Waals surface area (Å²) in [7, 11) is 0. The summed E-state index contributed by atoms with van der Waals surface area (Å²) in [6.07, 6.45) is -8.26. The van der Waals surface area contributed by atoms with Crippen LogP contribution < -0.4 is 10.6 Å². The zero-order valence-corrected chi connectivity index (χ0v) is 29.8. The fourth-order valence-electron chi connectivity index (χ4n) is 4.16. The van der Waals surface area contributed by atoms with Crippen LogP contribution in [0.25, 0.3) is 0 Å². The number of hydrogen-bond acceptors (Lipinski definition) is 14. The van der Waals surface area contributed by atoms with Crippen molar-refractivity contribution < 1.29 is 66.7 Å². The lowest BCUT2D eigenvalue weighted by Crippen LogP contribution is -2.67. The number of nitrogens with one attached hydrogen (secondary N) is 2. The number of amides is 2. The number of rotatable bonds is 13. The summed E-state index contributed by atoms with van der Waals surface area (Å²) >= 11 is 17.1. The summed E-state index contributed by atoms with van der Waals surface area (Å²) in [5, 5.41) is 4.74. The molecule has 2 amide bonds. The maximum absolute atomic E-state index is 13.2. The molecule has 1 aromatic rings. The Kier molecular flexibility index (Phi) is 16.1. The Morgan fingerprint density at radius 1 is 0.837 bits per heavy atom. The van der Waals surface area contributed by atoms with Crippen LogP contribution in [0.4, 0.5) is 9.59 Å². The number of alkyl halides is 3. The molecule has 6 atom stereocenters. The monoisotopic (exact) mass is 756 g/mol. The van der Waals surface area contributed by atoms with E-state index in [1.165, 1.54) is 0 Å². The highest BCUT2D eigenvalue weighted by Crippen LogP contribution is 2.29. The molecule has 2 rings (SSSR count). The SMILES string of the molecule is CC(=O)OC[C@H]1O[C@@H](OC[C@H](NC(=O)OC(C)(C)C)C(=O)OCc2ccccc2)[C@H](NC(=O)OCC(Cl)(Cl)Cl)[C@@H](OC(C)=O)[C@@H]1OC(C)=O. The molecular weight excluding hydrogens is 719 g/mol. The van der Waals surface area contributed by atoms with Crippen molar-refractivity contribution in [3.05, 3.63) is 35.9 Å². The maximum Gasteiger partial charge on any atom is 0.408 e. The first kappa shape index (κ1) is 41.6. The first-order valence-electron chi connectivity index (χ1n) is 14.7. The smallest absolute Gasteiger partial charge is 0.408 e. The minimum atomic E-state index is -2.00. The van der Waals surface area contributed by atoms with Crippen LogP contribution in [-0.4, -0.2) is 102 Å². The Morgan fingerprint density at radius 2 is 1.45 bits per heavy atom. The predicted octanol–water partition coefficient (Wildman–Crippen LogP) is 3.26. The summed E-state index contributed by atoms with van der Waals surface area (Å²) in [5.41, 5.74) is -0.291. The molecule has 1 aliphatic heterocycles. The number of carbonyl (C=O) groups is 6. The van der Waals surface area contributed by atoms with E-state index in [0.717, 1.165) is 20.8 Å². The van der Waals surface area contributed by atoms with Gasteiger partial charge in [-0.3, -0.25) is 14.4 Å². The number of esters is 4. The van der Waals surface area contributed by atoms with E-state index < -0.39 is 102 Å². The van der Waals surface area contributed by atoms with E-state index in [0.29, 0.717) is 5.56 Å². The van der Waals surface area contributed by atoms with Crippen molar-refractivity contribution in [1.82, 2.24) is 10.6 Å². The van der Waals surface area contributed by atoms with E-state index >= 15 is 0 Å². The molecular formula is C30H39Cl3N2O14. The number of halogens is 3. The van der Waals surface area contributed by atoms with Gasteiger partial charge in [-0.05, 0) is 26.3 Å². The van der Waals surface area contributed by atoms with Gasteiger partial charge in [0.05, 0.1) is 6.61 Å². The van der Waals surface area contributed by atoms with Gasteiger partial charge >= 0.3 is 36.1 Å². The van der Waals surface area contributed by atoms with Gasteiger partial charge in [0.15, 0.2) is 24.5 Å². The highest BCUT2D eigenvalue weighted by atomic mass is 35.6. The van der Waals surface area contributed by atoms with E-state index in [-0.39, 0.29) is 6.61 Å². The van der Waals surface area contributed by atoms with E-state index in [1.807, 2.05) is 0 Å². The number of hydrogen-bond donors (Lipinski definition) is 2. The molecule has 0 unspecified atom stereocenters. The lowest BCUT2D eigenvalue weighted by molar-refractivity contribution is -0.278.